The fraction of sp³-hybridized carbons (Fsp3) is 0.118. The lowest BCUT2D eigenvalue weighted by Gasteiger charge is -2.11. The van der Waals surface area contributed by atoms with E-state index < -0.39 is 11.8 Å². The maximum Gasteiger partial charge on any atom is 0.285 e. The van der Waals surface area contributed by atoms with Gasteiger partial charge in [-0.25, -0.2) is 35.7 Å². The molecule has 0 saturated carbocycles. The van der Waals surface area contributed by atoms with Gasteiger partial charge in [0, 0.05) is 18.6 Å². The number of aromatic nitrogens is 6. The first-order valence-electron chi connectivity index (χ1n) is 15.9. The van der Waals surface area contributed by atoms with Gasteiger partial charge in [0.1, 0.15) is 5.65 Å². The number of ether oxygens (including phenoxy) is 2. The van der Waals surface area contributed by atoms with Gasteiger partial charge in [-0.1, -0.05) is 28.7 Å². The molecule has 20 heteroatoms. The Hall–Kier alpha value is -5.90. The summed E-state index contributed by atoms with van der Waals surface area (Å²) in [5.74, 6) is 0.124. The Balaban J connectivity index is 0.889. The normalized spacial score (nSPS) is 11.3. The van der Waals surface area contributed by atoms with Crippen LogP contribution in [0.2, 0.25) is 0 Å². The van der Waals surface area contributed by atoms with Crippen LogP contribution in [0, 0.1) is 13.8 Å². The molecular formula is C34H28N10O6S4. The van der Waals surface area contributed by atoms with E-state index in [0.29, 0.717) is 42.3 Å². The second kappa shape index (κ2) is 14.9. The number of amides is 2. The summed E-state index contributed by atoms with van der Waals surface area (Å²) in [5.41, 5.74) is 8.80. The highest BCUT2D eigenvalue weighted by atomic mass is 32.1. The van der Waals surface area contributed by atoms with Crippen LogP contribution in [0.15, 0.2) is 73.2 Å². The molecule has 8 heterocycles. The van der Waals surface area contributed by atoms with Crippen molar-refractivity contribution in [3.63, 3.8) is 0 Å². The molecule has 0 aliphatic rings. The molecule has 2 amide bonds. The van der Waals surface area contributed by atoms with E-state index in [-0.39, 0.29) is 6.79 Å². The van der Waals surface area contributed by atoms with E-state index in [1.807, 2.05) is 53.1 Å². The van der Waals surface area contributed by atoms with E-state index in [1.54, 1.807) is 55.3 Å². The summed E-state index contributed by atoms with van der Waals surface area (Å²) in [6, 6.07) is 16.1. The van der Waals surface area contributed by atoms with Gasteiger partial charge in [0.15, 0.2) is 21.7 Å². The van der Waals surface area contributed by atoms with E-state index >= 15 is 0 Å². The molecule has 0 spiro atoms. The summed E-state index contributed by atoms with van der Waals surface area (Å²) in [5, 5.41) is 18.1. The van der Waals surface area contributed by atoms with E-state index in [9.17, 15) is 9.59 Å². The highest BCUT2D eigenvalue weighted by molar-refractivity contribution is 7.21. The van der Waals surface area contributed by atoms with Crippen LogP contribution in [0.3, 0.4) is 0 Å². The Morgan fingerprint density at radius 2 is 1.46 bits per heavy atom. The van der Waals surface area contributed by atoms with E-state index in [2.05, 4.69) is 36.0 Å². The molecule has 0 unspecified atom stereocenters. The fourth-order valence-electron chi connectivity index (χ4n) is 5.63. The van der Waals surface area contributed by atoms with Gasteiger partial charge < -0.3 is 20.1 Å². The summed E-state index contributed by atoms with van der Waals surface area (Å²) < 4.78 is 15.3. The Morgan fingerprint density at radius 3 is 2.15 bits per heavy atom. The molecule has 54 heavy (non-hydrogen) atoms. The van der Waals surface area contributed by atoms with Crippen molar-refractivity contribution in [3.05, 3.63) is 94.3 Å². The summed E-state index contributed by atoms with van der Waals surface area (Å²) in [6.07, 6.45) is 5.47. The number of aryl methyl sites for hydroxylation is 2. The van der Waals surface area contributed by atoms with Crippen molar-refractivity contribution in [2.24, 2.45) is 0 Å². The van der Waals surface area contributed by atoms with Crippen LogP contribution in [0.4, 0.5) is 20.3 Å². The first kappa shape index (κ1) is 35.1. The highest BCUT2D eigenvalue weighted by Crippen LogP contribution is 2.38. The van der Waals surface area contributed by atoms with Gasteiger partial charge in [-0.2, -0.15) is 0 Å². The fourth-order valence-corrected chi connectivity index (χ4v) is 9.18. The monoisotopic (exact) mass is 800 g/mol. The van der Waals surface area contributed by atoms with Gasteiger partial charge in [-0.3, -0.25) is 23.6 Å². The number of carbonyl (C=O) groups excluding carboxylic acids is 2. The Labute approximate surface area is 321 Å². The van der Waals surface area contributed by atoms with Crippen LogP contribution in [0.1, 0.15) is 30.7 Å². The molecule has 0 bridgehead atoms. The minimum Gasteiger partial charge on any atom is -0.493 e. The first-order chi connectivity index (χ1) is 26.3. The Bertz CT molecular complexity index is 2650. The van der Waals surface area contributed by atoms with E-state index in [1.165, 1.54) is 45.3 Å². The molecule has 274 valence electrons. The van der Waals surface area contributed by atoms with Gasteiger partial charge in [0.05, 0.1) is 59.4 Å². The van der Waals surface area contributed by atoms with Crippen molar-refractivity contribution >= 4 is 88.7 Å². The molecule has 8 aromatic heterocycles. The smallest absolute Gasteiger partial charge is 0.285 e. The third-order valence-electron chi connectivity index (χ3n) is 7.92. The molecule has 0 radical (unpaired) electrons. The molecule has 8 aromatic rings. The number of hydroxylamine groups is 2. The number of hydrogen-bond donors (Lipinski definition) is 5. The van der Waals surface area contributed by atoms with Crippen LogP contribution in [-0.2, 0) is 4.84 Å². The van der Waals surface area contributed by atoms with Gasteiger partial charge in [-0.15, -0.1) is 22.7 Å². The number of carbonyl (C=O) groups is 2. The summed E-state index contributed by atoms with van der Waals surface area (Å²) >= 11 is 5.31. The van der Waals surface area contributed by atoms with Crippen molar-refractivity contribution in [2.45, 2.75) is 13.8 Å². The van der Waals surface area contributed by atoms with Gasteiger partial charge in [0.2, 0.25) is 12.7 Å². The minimum atomic E-state index is -0.584. The number of hydrogen-bond acceptors (Lipinski definition) is 16. The number of thiophene rings is 2. The molecule has 5 N–H and O–H groups in total. The number of nitrogens with zero attached hydrogens (tertiary/aromatic N) is 6. The number of pyridine rings is 2. The van der Waals surface area contributed by atoms with Crippen LogP contribution in [0.5, 0.6) is 11.6 Å². The van der Waals surface area contributed by atoms with E-state index in [0.717, 1.165) is 43.2 Å². The zero-order chi connectivity index (χ0) is 37.3. The van der Waals surface area contributed by atoms with Crippen molar-refractivity contribution in [2.75, 3.05) is 24.5 Å². The standard InChI is InChI=1S/C34H28N10O6S4/c1-17-28(43-13-5-6-19(48-3)30(43)38-17)22-14-35-33(53-22)40-26-12-10-21(52-26)32(46)42-50-16-49-27-8-4-7-24-37-18(2)29(44(24)27)23-15-36-34(54-23)39-25-11-9-20(51-25)31(45)41-47/h4-15,47H,16H2,1-3H3,(H,35,40)(H,36,39)(H,41,45)(H,42,46). The third-order valence-corrected chi connectivity index (χ3v) is 11.8. The second-order valence-electron chi connectivity index (χ2n) is 11.3. The maximum atomic E-state index is 12.9. The third kappa shape index (κ3) is 6.84. The summed E-state index contributed by atoms with van der Waals surface area (Å²) in [6.45, 7) is 3.58. The molecule has 0 aromatic carbocycles. The number of methoxy groups -OCH3 is 1. The van der Waals surface area contributed by atoms with Crippen molar-refractivity contribution in [1.82, 2.24) is 39.7 Å². The Kier molecular flexibility index (Phi) is 9.67. The largest absolute Gasteiger partial charge is 0.493 e. The van der Waals surface area contributed by atoms with Crippen LogP contribution in [0.25, 0.3) is 32.4 Å². The lowest BCUT2D eigenvalue weighted by atomic mass is 10.3. The zero-order valence-corrected chi connectivity index (χ0v) is 31.7. The quantitative estimate of drug-likeness (QED) is 0.0340. The van der Waals surface area contributed by atoms with Crippen molar-refractivity contribution in [3.8, 4) is 32.8 Å². The van der Waals surface area contributed by atoms with Crippen molar-refractivity contribution < 1.29 is 29.1 Å². The second-order valence-corrected chi connectivity index (χ2v) is 15.6. The molecule has 0 aliphatic carbocycles. The molecule has 16 nitrogen and oxygen atoms in total. The summed E-state index contributed by atoms with van der Waals surface area (Å²) in [4.78, 5) is 51.0. The number of thiazole rings is 2. The van der Waals surface area contributed by atoms with Gasteiger partial charge in [0.25, 0.3) is 11.8 Å². The predicted molar refractivity (Wildman–Crippen MR) is 207 cm³/mol. The van der Waals surface area contributed by atoms with Gasteiger partial charge in [-0.05, 0) is 62.4 Å². The number of imidazole rings is 2. The minimum absolute atomic E-state index is 0.272. The highest BCUT2D eigenvalue weighted by Gasteiger charge is 2.20. The predicted octanol–water partition coefficient (Wildman–Crippen LogP) is 7.28. The topological polar surface area (TPSA) is 191 Å². The molecule has 0 aliphatic heterocycles. The van der Waals surface area contributed by atoms with Crippen LogP contribution < -0.4 is 31.1 Å². The first-order valence-corrected chi connectivity index (χ1v) is 19.2. The number of fused-ring (bicyclic) bond motifs is 2. The zero-order valence-electron chi connectivity index (χ0n) is 28.4. The lowest BCUT2D eigenvalue weighted by molar-refractivity contribution is -0.0388. The Morgan fingerprint density at radius 1 is 0.796 bits per heavy atom. The van der Waals surface area contributed by atoms with Crippen molar-refractivity contribution in [1.29, 1.82) is 0 Å². The molecule has 0 atom stereocenters. The molecular weight excluding hydrogens is 773 g/mol. The average molecular weight is 801 g/mol. The SMILES string of the molecule is COc1cccn2c(-c3cnc(Nc4ccc(C(=O)NOCOc5cccc6nc(C)c(-c7cnc(Nc8ccc(C(=O)NO)s8)s7)n56)s4)s3)c(C)nc12. The number of nitrogens with one attached hydrogen (secondary N) is 4. The summed E-state index contributed by atoms with van der Waals surface area (Å²) in [7, 11) is 1.62. The molecule has 0 fully saturated rings. The van der Waals surface area contributed by atoms with Crippen LogP contribution >= 0.6 is 45.3 Å². The van der Waals surface area contributed by atoms with Gasteiger partial charge >= 0.3 is 0 Å². The number of rotatable bonds is 13. The van der Waals surface area contributed by atoms with E-state index in [4.69, 9.17) is 19.5 Å². The maximum absolute atomic E-state index is 12.9. The molecule has 0 saturated heterocycles. The lowest BCUT2D eigenvalue weighted by Crippen LogP contribution is -2.25. The van der Waals surface area contributed by atoms with Crippen LogP contribution in [-0.4, -0.2) is 59.7 Å². The molecule has 8 rings (SSSR count). The number of anilines is 4. The average Bonchev–Trinajstić information content (AvgIpc) is 4.03.